The SMILES string of the molecule is CN(Cc1noc(C2CC2)n1)C[C@@H]1CCN(C)[C@H]1c1cccnc1. The maximum Gasteiger partial charge on any atom is 0.229 e. The van der Waals surface area contributed by atoms with Crippen molar-refractivity contribution in [2.45, 2.75) is 37.8 Å². The van der Waals surface area contributed by atoms with Crippen LogP contribution in [0.3, 0.4) is 0 Å². The lowest BCUT2D eigenvalue weighted by molar-refractivity contribution is 0.209. The molecule has 2 aromatic rings. The molecule has 0 bridgehead atoms. The van der Waals surface area contributed by atoms with Crippen molar-refractivity contribution in [3.63, 3.8) is 0 Å². The molecule has 2 fully saturated rings. The Bertz CT molecular complexity index is 669. The highest BCUT2D eigenvalue weighted by molar-refractivity contribution is 5.17. The Morgan fingerprint density at radius 2 is 2.21 bits per heavy atom. The summed E-state index contributed by atoms with van der Waals surface area (Å²) in [7, 11) is 4.35. The highest BCUT2D eigenvalue weighted by atomic mass is 16.5. The van der Waals surface area contributed by atoms with Crippen molar-refractivity contribution in [2.24, 2.45) is 5.92 Å². The summed E-state index contributed by atoms with van der Waals surface area (Å²) < 4.78 is 5.36. The highest BCUT2D eigenvalue weighted by Crippen LogP contribution is 2.39. The zero-order chi connectivity index (χ0) is 16.5. The van der Waals surface area contributed by atoms with Crippen molar-refractivity contribution in [1.82, 2.24) is 24.9 Å². The van der Waals surface area contributed by atoms with Gasteiger partial charge in [-0.1, -0.05) is 11.2 Å². The fourth-order valence-corrected chi connectivity index (χ4v) is 3.83. The summed E-state index contributed by atoms with van der Waals surface area (Å²) in [5, 5.41) is 4.14. The molecule has 2 atom stereocenters. The monoisotopic (exact) mass is 327 g/mol. The first kappa shape index (κ1) is 15.7. The van der Waals surface area contributed by atoms with Crippen LogP contribution >= 0.6 is 0 Å². The van der Waals surface area contributed by atoms with Gasteiger partial charge in [-0.05, 0) is 57.5 Å². The Morgan fingerprint density at radius 3 is 2.96 bits per heavy atom. The molecule has 0 aromatic carbocycles. The Hall–Kier alpha value is -1.79. The second kappa shape index (κ2) is 6.61. The number of aromatic nitrogens is 3. The predicted molar refractivity (Wildman–Crippen MR) is 90.3 cm³/mol. The number of rotatable bonds is 6. The van der Waals surface area contributed by atoms with Crippen molar-refractivity contribution in [2.75, 3.05) is 27.2 Å². The number of hydrogen-bond donors (Lipinski definition) is 0. The molecular formula is C18H25N5O. The molecule has 2 aliphatic rings. The lowest BCUT2D eigenvalue weighted by Gasteiger charge is -2.28. The summed E-state index contributed by atoms with van der Waals surface area (Å²) in [6.07, 6.45) is 7.44. The van der Waals surface area contributed by atoms with Crippen LogP contribution in [0.1, 0.15) is 48.5 Å². The largest absolute Gasteiger partial charge is 0.339 e. The summed E-state index contributed by atoms with van der Waals surface area (Å²) in [6, 6.07) is 4.66. The maximum atomic E-state index is 5.36. The van der Waals surface area contributed by atoms with Gasteiger partial charge in [-0.15, -0.1) is 0 Å². The summed E-state index contributed by atoms with van der Waals surface area (Å²) >= 11 is 0. The van der Waals surface area contributed by atoms with Crippen LogP contribution in [0.4, 0.5) is 0 Å². The van der Waals surface area contributed by atoms with Gasteiger partial charge < -0.3 is 4.52 Å². The smallest absolute Gasteiger partial charge is 0.229 e. The minimum Gasteiger partial charge on any atom is -0.339 e. The van der Waals surface area contributed by atoms with Crippen LogP contribution in [0, 0.1) is 5.92 Å². The van der Waals surface area contributed by atoms with E-state index in [1.165, 1.54) is 24.8 Å². The fourth-order valence-electron chi connectivity index (χ4n) is 3.83. The van der Waals surface area contributed by atoms with Crippen molar-refractivity contribution < 1.29 is 4.52 Å². The Morgan fingerprint density at radius 1 is 1.33 bits per heavy atom. The second-order valence-electron chi connectivity index (χ2n) is 7.28. The van der Waals surface area contributed by atoms with Gasteiger partial charge in [-0.2, -0.15) is 4.98 Å². The topological polar surface area (TPSA) is 58.3 Å². The van der Waals surface area contributed by atoms with Crippen LogP contribution in [-0.4, -0.2) is 52.1 Å². The van der Waals surface area contributed by atoms with Gasteiger partial charge in [0.15, 0.2) is 5.82 Å². The van der Waals surface area contributed by atoms with E-state index in [2.05, 4.69) is 45.1 Å². The van der Waals surface area contributed by atoms with E-state index in [1.807, 2.05) is 18.5 Å². The first-order valence-electron chi connectivity index (χ1n) is 8.82. The van der Waals surface area contributed by atoms with Gasteiger partial charge in [0, 0.05) is 30.9 Å². The van der Waals surface area contributed by atoms with E-state index in [0.717, 1.165) is 31.3 Å². The maximum absolute atomic E-state index is 5.36. The average Bonchev–Trinajstić information content (AvgIpc) is 3.23. The van der Waals surface area contributed by atoms with E-state index in [1.54, 1.807) is 0 Å². The van der Waals surface area contributed by atoms with Gasteiger partial charge in [0.05, 0.1) is 6.54 Å². The number of likely N-dealkylation sites (tertiary alicyclic amines) is 1. The number of nitrogens with zero attached hydrogens (tertiary/aromatic N) is 5. The van der Waals surface area contributed by atoms with Gasteiger partial charge in [0.25, 0.3) is 0 Å². The Balaban J connectivity index is 1.39. The molecule has 0 unspecified atom stereocenters. The third kappa shape index (κ3) is 3.35. The van der Waals surface area contributed by atoms with Crippen LogP contribution in [-0.2, 0) is 6.54 Å². The number of pyridine rings is 1. The molecule has 128 valence electrons. The molecule has 0 N–H and O–H groups in total. The second-order valence-corrected chi connectivity index (χ2v) is 7.28. The van der Waals surface area contributed by atoms with E-state index in [4.69, 9.17) is 4.52 Å². The molecule has 2 aromatic heterocycles. The van der Waals surface area contributed by atoms with Gasteiger partial charge in [-0.25, -0.2) is 0 Å². The van der Waals surface area contributed by atoms with Crippen LogP contribution in [0.15, 0.2) is 29.0 Å². The molecule has 6 nitrogen and oxygen atoms in total. The molecule has 1 aliphatic heterocycles. The lowest BCUT2D eigenvalue weighted by Crippen LogP contribution is -2.30. The molecular weight excluding hydrogens is 302 g/mol. The normalized spacial score (nSPS) is 24.8. The summed E-state index contributed by atoms with van der Waals surface area (Å²) in [5.41, 5.74) is 1.31. The Labute approximate surface area is 142 Å². The molecule has 1 saturated carbocycles. The van der Waals surface area contributed by atoms with E-state index in [-0.39, 0.29) is 0 Å². The van der Waals surface area contributed by atoms with Gasteiger partial charge in [0.2, 0.25) is 5.89 Å². The first-order valence-corrected chi connectivity index (χ1v) is 8.82. The van der Waals surface area contributed by atoms with E-state index in [9.17, 15) is 0 Å². The number of hydrogen-bond acceptors (Lipinski definition) is 6. The molecule has 24 heavy (non-hydrogen) atoms. The molecule has 1 saturated heterocycles. The van der Waals surface area contributed by atoms with Crippen molar-refractivity contribution >= 4 is 0 Å². The van der Waals surface area contributed by atoms with Crippen LogP contribution in [0.25, 0.3) is 0 Å². The third-order valence-electron chi connectivity index (χ3n) is 5.17. The third-order valence-corrected chi connectivity index (χ3v) is 5.17. The molecule has 0 spiro atoms. The molecule has 6 heteroatoms. The van der Waals surface area contributed by atoms with E-state index >= 15 is 0 Å². The van der Waals surface area contributed by atoms with Crippen molar-refractivity contribution in [3.05, 3.63) is 41.8 Å². The Kier molecular flexibility index (Phi) is 4.33. The molecule has 0 amide bonds. The summed E-state index contributed by atoms with van der Waals surface area (Å²) in [5.74, 6) is 2.75. The van der Waals surface area contributed by atoms with Crippen molar-refractivity contribution in [1.29, 1.82) is 0 Å². The standard InChI is InChI=1S/C18H25N5O/c1-22(12-16-20-18(24-21-16)13-5-6-13)11-15-7-9-23(2)17(15)14-4-3-8-19-10-14/h3-4,8,10,13,15,17H,5-7,9,11-12H2,1-2H3/t15-,17-/m0/s1. The highest BCUT2D eigenvalue weighted by Gasteiger charge is 2.34. The predicted octanol–water partition coefficient (Wildman–Crippen LogP) is 2.47. The van der Waals surface area contributed by atoms with E-state index in [0.29, 0.717) is 17.9 Å². The van der Waals surface area contributed by atoms with Gasteiger partial charge in [0.1, 0.15) is 0 Å². The molecule has 0 radical (unpaired) electrons. The lowest BCUT2D eigenvalue weighted by atomic mass is 9.94. The molecule has 3 heterocycles. The minimum atomic E-state index is 0.438. The quantitative estimate of drug-likeness (QED) is 0.812. The first-order chi connectivity index (χ1) is 11.7. The average molecular weight is 327 g/mol. The summed E-state index contributed by atoms with van der Waals surface area (Å²) in [4.78, 5) is 13.6. The fraction of sp³-hybridized carbons (Fsp3) is 0.611. The molecule has 1 aliphatic carbocycles. The van der Waals surface area contributed by atoms with Gasteiger partial charge >= 0.3 is 0 Å². The van der Waals surface area contributed by atoms with E-state index < -0.39 is 0 Å². The summed E-state index contributed by atoms with van der Waals surface area (Å²) in [6.45, 7) is 2.90. The van der Waals surface area contributed by atoms with Crippen LogP contribution in [0.2, 0.25) is 0 Å². The van der Waals surface area contributed by atoms with Crippen molar-refractivity contribution in [3.8, 4) is 0 Å². The molecule has 4 rings (SSSR count). The minimum absolute atomic E-state index is 0.438. The van der Waals surface area contributed by atoms with Crippen LogP contribution < -0.4 is 0 Å². The zero-order valence-corrected chi connectivity index (χ0v) is 14.4. The zero-order valence-electron chi connectivity index (χ0n) is 14.4. The van der Waals surface area contributed by atoms with Gasteiger partial charge in [-0.3, -0.25) is 14.8 Å². The van der Waals surface area contributed by atoms with Crippen LogP contribution in [0.5, 0.6) is 0 Å².